The van der Waals surface area contributed by atoms with Gasteiger partial charge in [0, 0.05) is 48.9 Å². The third kappa shape index (κ3) is 6.18. The van der Waals surface area contributed by atoms with Crippen LogP contribution in [-0.2, 0) is 17.7 Å². The van der Waals surface area contributed by atoms with E-state index in [1.54, 1.807) is 0 Å². The molecule has 3 heterocycles. The molecule has 1 aromatic heterocycles. The number of thioether (sulfide) groups is 1. The summed E-state index contributed by atoms with van der Waals surface area (Å²) in [5.41, 5.74) is 5.91. The van der Waals surface area contributed by atoms with Crippen LogP contribution >= 0.6 is 23.1 Å². The minimum atomic E-state index is -1.41. The van der Waals surface area contributed by atoms with E-state index in [1.165, 1.54) is 43.8 Å². The number of hydrogen-bond donors (Lipinski definition) is 3. The molecule has 2 aromatic carbocycles. The smallest absolute Gasteiger partial charge is 0.184 e. The first-order chi connectivity index (χ1) is 18.3. The molecule has 38 heavy (non-hydrogen) atoms. The van der Waals surface area contributed by atoms with E-state index in [4.69, 9.17) is 4.74 Å². The summed E-state index contributed by atoms with van der Waals surface area (Å²) in [4.78, 5) is 7.47. The minimum absolute atomic E-state index is 0.365. The second-order valence-corrected chi connectivity index (χ2v) is 12.7. The number of thiophene rings is 1. The molecule has 6 nitrogen and oxygen atoms in total. The summed E-state index contributed by atoms with van der Waals surface area (Å²) < 4.78 is 5.76. The Balaban J connectivity index is 1.31. The van der Waals surface area contributed by atoms with Crippen molar-refractivity contribution in [3.05, 3.63) is 81.7 Å². The maximum absolute atomic E-state index is 10.5. The van der Waals surface area contributed by atoms with E-state index in [1.807, 2.05) is 23.7 Å². The first-order valence-electron chi connectivity index (χ1n) is 13.2. The van der Waals surface area contributed by atoms with Crippen LogP contribution in [0.5, 0.6) is 0 Å². The molecular weight excluding hydrogens is 516 g/mol. The molecule has 0 aliphatic carbocycles. The fourth-order valence-electron chi connectivity index (χ4n) is 5.34. The highest BCUT2D eigenvalue weighted by molar-refractivity contribution is 7.99. The fourth-order valence-corrected chi connectivity index (χ4v) is 7.28. The standard InChI is InChI=1S/C30H38N2O4S2/c1-19-7-8-22(28-29(37-3)26(33)27(34)30(35)36-28)16-23(19)17-24-9-10-25(38-24)21-6-4-5-20(15-21)18-32-13-11-31(2)12-14-32/h4-10,15-16,26-30,33-35H,11-14,17-18H2,1-3H3/t26-,27-,28?,29+,30-/m0/s1. The molecule has 204 valence electrons. The van der Waals surface area contributed by atoms with Crippen molar-refractivity contribution in [1.29, 1.82) is 0 Å². The lowest BCUT2D eigenvalue weighted by molar-refractivity contribution is -0.245. The van der Waals surface area contributed by atoms with Gasteiger partial charge in [0.05, 0.1) is 11.4 Å². The van der Waals surface area contributed by atoms with Gasteiger partial charge in [-0.15, -0.1) is 11.3 Å². The minimum Gasteiger partial charge on any atom is -0.389 e. The predicted molar refractivity (Wildman–Crippen MR) is 156 cm³/mol. The van der Waals surface area contributed by atoms with Crippen LogP contribution in [0.2, 0.25) is 0 Å². The van der Waals surface area contributed by atoms with E-state index in [9.17, 15) is 15.3 Å². The molecule has 1 unspecified atom stereocenters. The highest BCUT2D eigenvalue weighted by atomic mass is 32.2. The van der Waals surface area contributed by atoms with Crippen molar-refractivity contribution in [3.63, 3.8) is 0 Å². The second kappa shape index (κ2) is 12.2. The maximum Gasteiger partial charge on any atom is 0.184 e. The highest BCUT2D eigenvalue weighted by Gasteiger charge is 2.44. The monoisotopic (exact) mass is 554 g/mol. The van der Waals surface area contributed by atoms with Crippen LogP contribution in [-0.4, -0.2) is 88.3 Å². The van der Waals surface area contributed by atoms with E-state index in [0.29, 0.717) is 0 Å². The van der Waals surface area contributed by atoms with Crippen LogP contribution in [0.4, 0.5) is 0 Å². The lowest BCUT2D eigenvalue weighted by Gasteiger charge is -2.40. The predicted octanol–water partition coefficient (Wildman–Crippen LogP) is 3.90. The number of ether oxygens (including phenoxy) is 1. The van der Waals surface area contributed by atoms with Crippen molar-refractivity contribution in [2.45, 2.75) is 49.7 Å². The number of hydrogen-bond acceptors (Lipinski definition) is 8. The van der Waals surface area contributed by atoms with Gasteiger partial charge in [0.15, 0.2) is 6.29 Å². The zero-order valence-electron chi connectivity index (χ0n) is 22.3. The molecule has 5 atom stereocenters. The summed E-state index contributed by atoms with van der Waals surface area (Å²) in [5.74, 6) is 0. The van der Waals surface area contributed by atoms with Crippen molar-refractivity contribution >= 4 is 23.1 Å². The van der Waals surface area contributed by atoms with E-state index in [0.717, 1.165) is 44.7 Å². The van der Waals surface area contributed by atoms with Gasteiger partial charge in [-0.3, -0.25) is 4.90 Å². The SMILES string of the molecule is CS[C@H]1C(c2ccc(C)c(Cc3ccc(-c4cccc(CN5CCN(C)CC5)c4)s3)c2)O[C@H](O)[C@@H](O)[C@@H]1O. The third-order valence-corrected chi connectivity index (χ3v) is 9.98. The number of rotatable bonds is 7. The Morgan fingerprint density at radius 1 is 0.974 bits per heavy atom. The highest BCUT2D eigenvalue weighted by Crippen LogP contribution is 2.39. The summed E-state index contributed by atoms with van der Waals surface area (Å²) in [5, 5.41) is 30.4. The van der Waals surface area contributed by atoms with Crippen LogP contribution in [0.1, 0.15) is 33.2 Å². The number of aryl methyl sites for hydroxylation is 1. The Morgan fingerprint density at radius 2 is 1.76 bits per heavy atom. The van der Waals surface area contributed by atoms with Gasteiger partial charge >= 0.3 is 0 Å². The van der Waals surface area contributed by atoms with E-state index in [2.05, 4.69) is 72.3 Å². The Hall–Kier alpha value is -1.75. The second-order valence-electron chi connectivity index (χ2n) is 10.5. The van der Waals surface area contributed by atoms with Crippen molar-refractivity contribution in [1.82, 2.24) is 9.80 Å². The number of piperazine rings is 1. The molecule has 0 spiro atoms. The fraction of sp³-hybridized carbons (Fsp3) is 0.467. The number of nitrogens with zero attached hydrogens (tertiary/aromatic N) is 2. The zero-order chi connectivity index (χ0) is 26.8. The van der Waals surface area contributed by atoms with E-state index in [-0.39, 0.29) is 5.25 Å². The molecule has 2 aliphatic rings. The van der Waals surface area contributed by atoms with Crippen LogP contribution in [0, 0.1) is 6.92 Å². The number of benzene rings is 2. The Labute approximate surface area is 233 Å². The molecule has 0 radical (unpaired) electrons. The van der Waals surface area contributed by atoms with Crippen LogP contribution in [0.15, 0.2) is 54.6 Å². The normalized spacial score (nSPS) is 27.1. The quantitative estimate of drug-likeness (QED) is 0.409. The number of aliphatic hydroxyl groups is 3. The average molecular weight is 555 g/mol. The molecule has 0 amide bonds. The van der Waals surface area contributed by atoms with Crippen molar-refractivity contribution in [3.8, 4) is 10.4 Å². The molecule has 3 aromatic rings. The molecule has 2 saturated heterocycles. The molecule has 2 aliphatic heterocycles. The van der Waals surface area contributed by atoms with Crippen LogP contribution in [0.25, 0.3) is 10.4 Å². The van der Waals surface area contributed by atoms with Gasteiger partial charge in [0.25, 0.3) is 0 Å². The first kappa shape index (κ1) is 27.8. The summed E-state index contributed by atoms with van der Waals surface area (Å²) >= 11 is 3.26. The summed E-state index contributed by atoms with van der Waals surface area (Å²) in [6.07, 6.45) is -1.59. The summed E-state index contributed by atoms with van der Waals surface area (Å²) in [6.45, 7) is 7.59. The molecule has 5 rings (SSSR count). The molecule has 0 saturated carbocycles. The van der Waals surface area contributed by atoms with Gasteiger partial charge in [-0.2, -0.15) is 11.8 Å². The van der Waals surface area contributed by atoms with Crippen molar-refractivity contribution in [2.75, 3.05) is 39.5 Å². The summed E-state index contributed by atoms with van der Waals surface area (Å²) in [6, 6.07) is 19.5. The van der Waals surface area contributed by atoms with Crippen molar-refractivity contribution < 1.29 is 20.1 Å². The van der Waals surface area contributed by atoms with Crippen molar-refractivity contribution in [2.24, 2.45) is 0 Å². The number of likely N-dealkylation sites (N-methyl/N-ethyl adjacent to an activating group) is 1. The van der Waals surface area contributed by atoms with E-state index < -0.39 is 24.6 Å². The Morgan fingerprint density at radius 3 is 2.53 bits per heavy atom. The molecule has 3 N–H and O–H groups in total. The van der Waals surface area contributed by atoms with Gasteiger partial charge < -0.3 is 25.0 Å². The maximum atomic E-state index is 10.5. The molecule has 8 heteroatoms. The first-order valence-corrected chi connectivity index (χ1v) is 15.3. The topological polar surface area (TPSA) is 76.4 Å². The number of aliphatic hydroxyl groups excluding tert-OH is 3. The van der Waals surface area contributed by atoms with Gasteiger partial charge in [-0.1, -0.05) is 36.4 Å². The third-order valence-electron chi connectivity index (χ3n) is 7.78. The van der Waals surface area contributed by atoms with Gasteiger partial charge in [0.1, 0.15) is 12.2 Å². The van der Waals surface area contributed by atoms with Gasteiger partial charge in [0.2, 0.25) is 0 Å². The Kier molecular flexibility index (Phi) is 8.92. The lowest BCUT2D eigenvalue weighted by atomic mass is 9.93. The largest absolute Gasteiger partial charge is 0.389 e. The van der Waals surface area contributed by atoms with E-state index >= 15 is 0 Å². The van der Waals surface area contributed by atoms with Gasteiger partial charge in [-0.05, 0) is 66.2 Å². The average Bonchev–Trinajstić information content (AvgIpc) is 3.38. The molecule has 0 bridgehead atoms. The Bertz CT molecular complexity index is 1230. The molecular formula is C30H38N2O4S2. The summed E-state index contributed by atoms with van der Waals surface area (Å²) in [7, 11) is 2.19. The molecule has 2 fully saturated rings. The van der Waals surface area contributed by atoms with Crippen LogP contribution in [0.3, 0.4) is 0 Å². The van der Waals surface area contributed by atoms with Gasteiger partial charge in [-0.25, -0.2) is 0 Å². The zero-order valence-corrected chi connectivity index (χ0v) is 23.9. The van der Waals surface area contributed by atoms with Crippen LogP contribution < -0.4 is 0 Å². The lowest BCUT2D eigenvalue weighted by Crippen LogP contribution is -2.52.